The van der Waals surface area contributed by atoms with Crippen LogP contribution in [0.3, 0.4) is 0 Å². The predicted molar refractivity (Wildman–Crippen MR) is 110 cm³/mol. The summed E-state index contributed by atoms with van der Waals surface area (Å²) in [6.45, 7) is 7.17. The number of anilines is 1. The molecule has 0 heterocycles. The maximum atomic E-state index is 11.5. The number of benzene rings is 2. The van der Waals surface area contributed by atoms with E-state index in [2.05, 4.69) is 41.6 Å². The van der Waals surface area contributed by atoms with Gasteiger partial charge in [0.25, 0.3) is 5.91 Å². The molecule has 0 spiro atoms. The van der Waals surface area contributed by atoms with E-state index in [0.29, 0.717) is 30.7 Å². The van der Waals surface area contributed by atoms with Crippen molar-refractivity contribution in [2.24, 2.45) is 10.7 Å². The van der Waals surface area contributed by atoms with E-state index in [-0.39, 0.29) is 12.5 Å². The first-order valence-electron chi connectivity index (χ1n) is 9.13. The summed E-state index contributed by atoms with van der Waals surface area (Å²) in [5.74, 6) is 1.29. The van der Waals surface area contributed by atoms with Crippen molar-refractivity contribution in [1.29, 1.82) is 0 Å². The number of amides is 1. The van der Waals surface area contributed by atoms with Gasteiger partial charge in [-0.3, -0.25) is 4.79 Å². The number of nitrogens with one attached hydrogen (secondary N) is 2. The lowest BCUT2D eigenvalue weighted by atomic mass is 10.0. The molecule has 0 aliphatic carbocycles. The van der Waals surface area contributed by atoms with Gasteiger partial charge >= 0.3 is 0 Å². The van der Waals surface area contributed by atoms with Gasteiger partial charge in [0.15, 0.2) is 12.6 Å². The molecular formula is C21H28N4O2. The van der Waals surface area contributed by atoms with Crippen LogP contribution in [0.15, 0.2) is 53.5 Å². The fourth-order valence-corrected chi connectivity index (χ4v) is 2.47. The molecule has 0 atom stereocenters. The maximum absolute atomic E-state index is 11.5. The van der Waals surface area contributed by atoms with Crippen LogP contribution in [-0.4, -0.2) is 25.0 Å². The van der Waals surface area contributed by atoms with E-state index in [1.807, 2.05) is 43.3 Å². The Morgan fingerprint density at radius 1 is 1.19 bits per heavy atom. The number of hydrogen-bond acceptors (Lipinski definition) is 3. The summed E-state index contributed by atoms with van der Waals surface area (Å²) >= 11 is 0. The van der Waals surface area contributed by atoms with Gasteiger partial charge in [-0.1, -0.05) is 38.1 Å². The third kappa shape index (κ3) is 7.01. The van der Waals surface area contributed by atoms with E-state index >= 15 is 0 Å². The lowest BCUT2D eigenvalue weighted by Crippen LogP contribution is -2.28. The normalized spacial score (nSPS) is 11.3. The number of rotatable bonds is 8. The number of nitrogens with two attached hydrogens (primary N) is 1. The Hall–Kier alpha value is -3.02. The van der Waals surface area contributed by atoms with Crippen LogP contribution >= 0.6 is 0 Å². The number of carbonyl (C=O) groups is 1. The molecule has 2 aromatic carbocycles. The van der Waals surface area contributed by atoms with Gasteiger partial charge in [0, 0.05) is 12.2 Å². The highest BCUT2D eigenvalue weighted by molar-refractivity contribution is 5.92. The molecule has 1 amide bonds. The Balaban J connectivity index is 1.93. The second kappa shape index (κ2) is 10.2. The lowest BCUT2D eigenvalue weighted by Gasteiger charge is -2.10. The standard InChI is InChI=1S/C21H28N4O2/c1-4-23-20(26)14-27-19-10-5-7-16(11-19)13-24-21(22)25-18-9-6-8-17(12-18)15(2)3/h5-12,15H,4,13-14H2,1-3H3,(H,23,26)(H3,22,24,25). The van der Waals surface area contributed by atoms with Gasteiger partial charge in [0.05, 0.1) is 6.54 Å². The van der Waals surface area contributed by atoms with E-state index in [9.17, 15) is 4.79 Å². The van der Waals surface area contributed by atoms with Gasteiger partial charge in [-0.05, 0) is 48.2 Å². The highest BCUT2D eigenvalue weighted by Crippen LogP contribution is 2.18. The SMILES string of the molecule is CCNC(=O)COc1cccc(CN=C(N)Nc2cccc(C(C)C)c2)c1. The Kier molecular flexibility index (Phi) is 7.67. The molecule has 27 heavy (non-hydrogen) atoms. The van der Waals surface area contributed by atoms with Crippen LogP contribution in [0, 0.1) is 0 Å². The molecule has 144 valence electrons. The maximum Gasteiger partial charge on any atom is 0.257 e. The molecule has 0 aliphatic heterocycles. The average molecular weight is 368 g/mol. The zero-order valence-corrected chi connectivity index (χ0v) is 16.2. The summed E-state index contributed by atoms with van der Waals surface area (Å²) in [5.41, 5.74) is 9.11. The van der Waals surface area contributed by atoms with Crippen molar-refractivity contribution in [2.75, 3.05) is 18.5 Å². The molecule has 0 saturated heterocycles. The first-order valence-corrected chi connectivity index (χ1v) is 9.13. The molecule has 0 saturated carbocycles. The summed E-state index contributed by atoms with van der Waals surface area (Å²) in [7, 11) is 0. The summed E-state index contributed by atoms with van der Waals surface area (Å²) in [6, 6.07) is 15.6. The number of guanidine groups is 1. The quantitative estimate of drug-likeness (QED) is 0.493. The van der Waals surface area contributed by atoms with Crippen LogP contribution in [0.5, 0.6) is 5.75 Å². The first-order chi connectivity index (χ1) is 13.0. The molecule has 4 N–H and O–H groups in total. The minimum absolute atomic E-state index is 0.00352. The van der Waals surface area contributed by atoms with Gasteiger partial charge in [-0.2, -0.15) is 0 Å². The van der Waals surface area contributed by atoms with E-state index in [1.165, 1.54) is 5.56 Å². The molecule has 0 fully saturated rings. The fraction of sp³-hybridized carbons (Fsp3) is 0.333. The van der Waals surface area contributed by atoms with E-state index < -0.39 is 0 Å². The van der Waals surface area contributed by atoms with Gasteiger partial charge in [0.1, 0.15) is 5.75 Å². The number of nitrogens with zero attached hydrogens (tertiary/aromatic N) is 1. The van der Waals surface area contributed by atoms with Crippen LogP contribution < -0.4 is 21.1 Å². The second-order valence-corrected chi connectivity index (χ2v) is 6.50. The molecule has 6 nitrogen and oxygen atoms in total. The number of aliphatic imine (C=N–C) groups is 1. The van der Waals surface area contributed by atoms with Gasteiger partial charge in [-0.25, -0.2) is 4.99 Å². The Bertz CT molecular complexity index is 787. The summed E-state index contributed by atoms with van der Waals surface area (Å²) < 4.78 is 5.49. The third-order valence-corrected chi connectivity index (χ3v) is 3.90. The van der Waals surface area contributed by atoms with Crippen molar-refractivity contribution in [3.05, 3.63) is 59.7 Å². The monoisotopic (exact) mass is 368 g/mol. The predicted octanol–water partition coefficient (Wildman–Crippen LogP) is 3.25. The summed E-state index contributed by atoms with van der Waals surface area (Å²) in [5, 5.41) is 5.81. The largest absolute Gasteiger partial charge is 0.484 e. The highest BCUT2D eigenvalue weighted by atomic mass is 16.5. The van der Waals surface area contributed by atoms with Crippen LogP contribution in [0.1, 0.15) is 37.8 Å². The van der Waals surface area contributed by atoms with Crippen molar-refractivity contribution in [2.45, 2.75) is 33.2 Å². The van der Waals surface area contributed by atoms with Crippen LogP contribution in [-0.2, 0) is 11.3 Å². The topological polar surface area (TPSA) is 88.7 Å². The summed E-state index contributed by atoms with van der Waals surface area (Å²) in [4.78, 5) is 15.9. The van der Waals surface area contributed by atoms with Gasteiger partial charge < -0.3 is 21.1 Å². The lowest BCUT2D eigenvalue weighted by molar-refractivity contribution is -0.122. The average Bonchev–Trinajstić information content (AvgIpc) is 2.65. The fourth-order valence-electron chi connectivity index (χ4n) is 2.47. The van der Waals surface area contributed by atoms with Crippen LogP contribution in [0.2, 0.25) is 0 Å². The molecule has 2 aromatic rings. The Morgan fingerprint density at radius 2 is 1.96 bits per heavy atom. The van der Waals surface area contributed by atoms with Crippen molar-refractivity contribution in [3.63, 3.8) is 0 Å². The second-order valence-electron chi connectivity index (χ2n) is 6.50. The molecule has 0 aromatic heterocycles. The summed E-state index contributed by atoms with van der Waals surface area (Å²) in [6.07, 6.45) is 0. The zero-order valence-electron chi connectivity index (χ0n) is 16.2. The number of likely N-dealkylation sites (N-methyl/N-ethyl adjacent to an activating group) is 1. The van der Waals surface area contributed by atoms with Gasteiger partial charge in [0.2, 0.25) is 0 Å². The van der Waals surface area contributed by atoms with Crippen LogP contribution in [0.25, 0.3) is 0 Å². The zero-order chi connectivity index (χ0) is 19.6. The van der Waals surface area contributed by atoms with Gasteiger partial charge in [-0.15, -0.1) is 0 Å². The van der Waals surface area contributed by atoms with E-state index in [0.717, 1.165) is 11.3 Å². The molecule has 0 bridgehead atoms. The minimum Gasteiger partial charge on any atom is -0.484 e. The smallest absolute Gasteiger partial charge is 0.257 e. The highest BCUT2D eigenvalue weighted by Gasteiger charge is 2.03. The van der Waals surface area contributed by atoms with E-state index in [4.69, 9.17) is 10.5 Å². The van der Waals surface area contributed by atoms with E-state index in [1.54, 1.807) is 0 Å². The minimum atomic E-state index is -0.141. The first kappa shape index (κ1) is 20.3. The van der Waals surface area contributed by atoms with Crippen LogP contribution in [0.4, 0.5) is 5.69 Å². The molecule has 0 aliphatic rings. The third-order valence-electron chi connectivity index (χ3n) is 3.90. The number of carbonyl (C=O) groups excluding carboxylic acids is 1. The Labute approximate surface area is 160 Å². The molecule has 6 heteroatoms. The van der Waals surface area contributed by atoms with Crippen molar-refractivity contribution >= 4 is 17.6 Å². The number of ether oxygens (including phenoxy) is 1. The van der Waals surface area contributed by atoms with Crippen molar-refractivity contribution in [3.8, 4) is 5.75 Å². The van der Waals surface area contributed by atoms with Crippen molar-refractivity contribution in [1.82, 2.24) is 5.32 Å². The number of hydrogen-bond donors (Lipinski definition) is 3. The van der Waals surface area contributed by atoms with Crippen molar-refractivity contribution < 1.29 is 9.53 Å². The molecule has 2 rings (SSSR count). The Morgan fingerprint density at radius 3 is 2.70 bits per heavy atom. The molecular weight excluding hydrogens is 340 g/mol. The molecule has 0 unspecified atom stereocenters. The molecule has 0 radical (unpaired) electrons.